The molecule has 2 aliphatic heterocycles. The van der Waals surface area contributed by atoms with E-state index in [1.54, 1.807) is 25.1 Å². The van der Waals surface area contributed by atoms with Crippen LogP contribution in [0.3, 0.4) is 0 Å². The van der Waals surface area contributed by atoms with Crippen molar-refractivity contribution in [1.29, 1.82) is 0 Å². The van der Waals surface area contributed by atoms with Gasteiger partial charge in [0, 0.05) is 45.0 Å². The fourth-order valence-corrected chi connectivity index (χ4v) is 5.02. The van der Waals surface area contributed by atoms with Gasteiger partial charge in [0.25, 0.3) is 0 Å². The first-order chi connectivity index (χ1) is 12.9. The quantitative estimate of drug-likeness (QED) is 0.741. The highest BCUT2D eigenvalue weighted by Crippen LogP contribution is 2.24. The number of nitrogens with one attached hydrogen (secondary N) is 2. The molecule has 0 saturated carbocycles. The summed E-state index contributed by atoms with van der Waals surface area (Å²) in [6.07, 6.45) is 0. The van der Waals surface area contributed by atoms with Gasteiger partial charge in [0.15, 0.2) is 0 Å². The van der Waals surface area contributed by atoms with Crippen molar-refractivity contribution in [2.45, 2.75) is 24.8 Å². The summed E-state index contributed by atoms with van der Waals surface area (Å²) in [6.45, 7) is 8.50. The molecule has 2 fully saturated rings. The molecule has 1 aromatic carbocycles. The average molecular weight is 397 g/mol. The molecule has 3 rings (SSSR count). The molecule has 1 amide bonds. The molecule has 27 heavy (non-hydrogen) atoms. The first-order valence-electron chi connectivity index (χ1n) is 9.34. The number of carbonyl (C=O) groups is 1. The van der Waals surface area contributed by atoms with Crippen molar-refractivity contribution in [1.82, 2.24) is 14.5 Å². The summed E-state index contributed by atoms with van der Waals surface area (Å²) in [5, 5.41) is 6.14. The first-order valence-corrected chi connectivity index (χ1v) is 10.8. The third-order valence-electron chi connectivity index (χ3n) is 5.12. The van der Waals surface area contributed by atoms with E-state index in [9.17, 15) is 13.2 Å². The molecule has 150 valence electrons. The number of hydrogen-bond donors (Lipinski definition) is 2. The molecular formula is C18H28N4O4S. The van der Waals surface area contributed by atoms with E-state index in [0.717, 1.165) is 26.2 Å². The Hall–Kier alpha value is -1.52. The van der Waals surface area contributed by atoms with Crippen LogP contribution < -0.4 is 10.6 Å². The van der Waals surface area contributed by atoms with Crippen LogP contribution in [-0.2, 0) is 19.6 Å². The van der Waals surface area contributed by atoms with Crippen molar-refractivity contribution < 1.29 is 17.9 Å². The number of nitrogens with zero attached hydrogens (tertiary/aromatic N) is 2. The number of anilines is 1. The number of sulfonamides is 1. The number of rotatable bonds is 5. The van der Waals surface area contributed by atoms with E-state index in [0.29, 0.717) is 37.6 Å². The van der Waals surface area contributed by atoms with E-state index in [1.807, 2.05) is 6.92 Å². The average Bonchev–Trinajstić information content (AvgIpc) is 2.70. The van der Waals surface area contributed by atoms with Crippen molar-refractivity contribution in [3.8, 4) is 0 Å². The molecule has 2 aliphatic rings. The molecule has 1 atom stereocenters. The van der Waals surface area contributed by atoms with Crippen molar-refractivity contribution in [3.63, 3.8) is 0 Å². The number of benzene rings is 1. The number of aryl methyl sites for hydroxylation is 1. The summed E-state index contributed by atoms with van der Waals surface area (Å²) in [5.74, 6) is -0.129. The lowest BCUT2D eigenvalue weighted by atomic mass is 10.2. The number of hydrogen-bond acceptors (Lipinski definition) is 6. The summed E-state index contributed by atoms with van der Waals surface area (Å²) in [7, 11) is -3.61. The fraction of sp³-hybridized carbons (Fsp3) is 0.611. The molecule has 0 bridgehead atoms. The van der Waals surface area contributed by atoms with Crippen LogP contribution in [-0.4, -0.2) is 82.1 Å². The molecular weight excluding hydrogens is 368 g/mol. The van der Waals surface area contributed by atoms with Crippen LogP contribution in [0.1, 0.15) is 12.5 Å². The maximum Gasteiger partial charge on any atom is 0.243 e. The predicted octanol–water partition coefficient (Wildman–Crippen LogP) is 0.248. The minimum absolute atomic E-state index is 0.129. The van der Waals surface area contributed by atoms with Crippen molar-refractivity contribution in [2.24, 2.45) is 0 Å². The maximum absolute atomic E-state index is 13.0. The number of morpholine rings is 1. The van der Waals surface area contributed by atoms with Crippen LogP contribution in [0.15, 0.2) is 23.1 Å². The molecule has 0 radical (unpaired) electrons. The SMILES string of the molecule is Cc1ccc(NC(=O)C(C)N2CCNCC2)cc1S(=O)(=O)N1CCOCC1. The molecule has 9 heteroatoms. The normalized spacial score (nSPS) is 21.0. The van der Waals surface area contributed by atoms with Gasteiger partial charge in [-0.3, -0.25) is 9.69 Å². The number of amides is 1. The Morgan fingerprint density at radius 2 is 1.85 bits per heavy atom. The molecule has 2 N–H and O–H groups in total. The van der Waals surface area contributed by atoms with Gasteiger partial charge in [0.2, 0.25) is 15.9 Å². The van der Waals surface area contributed by atoms with Crippen LogP contribution in [0.4, 0.5) is 5.69 Å². The number of piperazine rings is 1. The minimum Gasteiger partial charge on any atom is -0.379 e. The number of ether oxygens (including phenoxy) is 1. The predicted molar refractivity (Wildman–Crippen MR) is 103 cm³/mol. The van der Waals surface area contributed by atoms with E-state index < -0.39 is 10.0 Å². The Morgan fingerprint density at radius 3 is 2.52 bits per heavy atom. The summed E-state index contributed by atoms with van der Waals surface area (Å²) in [6, 6.07) is 4.77. The molecule has 8 nitrogen and oxygen atoms in total. The molecule has 2 saturated heterocycles. The first kappa shape index (κ1) is 20.2. The number of carbonyl (C=O) groups excluding carboxylic acids is 1. The molecule has 0 aromatic heterocycles. The van der Waals surface area contributed by atoms with Gasteiger partial charge in [-0.15, -0.1) is 0 Å². The standard InChI is InChI=1S/C18H28N4O4S/c1-14-3-4-16(20-18(23)15(2)21-7-5-19-6-8-21)13-17(14)27(24,25)22-9-11-26-12-10-22/h3-4,13,15,19H,5-12H2,1-2H3,(H,20,23). The van der Waals surface area contributed by atoms with Gasteiger partial charge in [-0.1, -0.05) is 6.07 Å². The molecule has 1 unspecified atom stereocenters. The maximum atomic E-state index is 13.0. The fourth-order valence-electron chi connectivity index (χ4n) is 3.36. The van der Waals surface area contributed by atoms with Gasteiger partial charge >= 0.3 is 0 Å². The van der Waals surface area contributed by atoms with Crippen molar-refractivity contribution >= 4 is 21.6 Å². The largest absolute Gasteiger partial charge is 0.379 e. The summed E-state index contributed by atoms with van der Waals surface area (Å²) in [5.41, 5.74) is 1.16. The molecule has 0 aliphatic carbocycles. The molecule has 0 spiro atoms. The highest BCUT2D eigenvalue weighted by Gasteiger charge is 2.28. The van der Waals surface area contributed by atoms with Crippen LogP contribution in [0.2, 0.25) is 0 Å². The van der Waals surface area contributed by atoms with Gasteiger partial charge in [-0.2, -0.15) is 4.31 Å². The zero-order chi connectivity index (χ0) is 19.4. The van der Waals surface area contributed by atoms with Gasteiger partial charge in [0.05, 0.1) is 24.2 Å². The Morgan fingerprint density at radius 1 is 1.19 bits per heavy atom. The van der Waals surface area contributed by atoms with E-state index in [-0.39, 0.29) is 16.8 Å². The highest BCUT2D eigenvalue weighted by atomic mass is 32.2. The minimum atomic E-state index is -3.61. The Labute approximate surface area is 160 Å². The third-order valence-corrected chi connectivity index (χ3v) is 7.16. The Balaban J connectivity index is 1.75. The van der Waals surface area contributed by atoms with Crippen molar-refractivity contribution in [3.05, 3.63) is 23.8 Å². The van der Waals surface area contributed by atoms with Gasteiger partial charge < -0.3 is 15.4 Å². The van der Waals surface area contributed by atoms with E-state index in [4.69, 9.17) is 4.74 Å². The Kier molecular flexibility index (Phi) is 6.48. The third kappa shape index (κ3) is 4.67. The van der Waals surface area contributed by atoms with Crippen LogP contribution in [0.25, 0.3) is 0 Å². The Bertz CT molecular complexity index is 772. The summed E-state index contributed by atoms with van der Waals surface area (Å²) >= 11 is 0. The van der Waals surface area contributed by atoms with Gasteiger partial charge in [-0.05, 0) is 31.5 Å². The van der Waals surface area contributed by atoms with Crippen LogP contribution in [0.5, 0.6) is 0 Å². The molecule has 1 aromatic rings. The van der Waals surface area contributed by atoms with Gasteiger partial charge in [-0.25, -0.2) is 8.42 Å². The summed E-state index contributed by atoms with van der Waals surface area (Å²) in [4.78, 5) is 15.0. The highest BCUT2D eigenvalue weighted by molar-refractivity contribution is 7.89. The van der Waals surface area contributed by atoms with Crippen molar-refractivity contribution in [2.75, 3.05) is 57.8 Å². The second-order valence-corrected chi connectivity index (χ2v) is 8.85. The monoisotopic (exact) mass is 396 g/mol. The van der Waals surface area contributed by atoms with Crippen LogP contribution in [0, 0.1) is 6.92 Å². The van der Waals surface area contributed by atoms with Crippen LogP contribution >= 0.6 is 0 Å². The van der Waals surface area contributed by atoms with E-state index in [2.05, 4.69) is 15.5 Å². The summed E-state index contributed by atoms with van der Waals surface area (Å²) < 4.78 is 32.6. The van der Waals surface area contributed by atoms with Gasteiger partial charge in [0.1, 0.15) is 0 Å². The zero-order valence-electron chi connectivity index (χ0n) is 15.9. The van der Waals surface area contributed by atoms with E-state index >= 15 is 0 Å². The smallest absolute Gasteiger partial charge is 0.243 e. The topological polar surface area (TPSA) is 91.0 Å². The second kappa shape index (κ2) is 8.66. The lowest BCUT2D eigenvalue weighted by Crippen LogP contribution is -2.51. The lowest BCUT2D eigenvalue weighted by molar-refractivity contribution is -0.120. The van der Waals surface area contributed by atoms with E-state index in [1.165, 1.54) is 4.31 Å². The second-order valence-electron chi connectivity index (χ2n) is 6.95. The zero-order valence-corrected chi connectivity index (χ0v) is 16.7. The lowest BCUT2D eigenvalue weighted by Gasteiger charge is -2.32. The molecule has 2 heterocycles.